The number of hydrogen-bond donors (Lipinski definition) is 1. The second-order valence-corrected chi connectivity index (χ2v) is 9.26. The van der Waals surface area contributed by atoms with Gasteiger partial charge in [0, 0.05) is 41.8 Å². The van der Waals surface area contributed by atoms with Crippen molar-refractivity contribution in [2.45, 2.75) is 6.61 Å². The van der Waals surface area contributed by atoms with Crippen molar-refractivity contribution >= 4 is 47.3 Å². The number of ether oxygens (including phenoxy) is 3. The predicted molar refractivity (Wildman–Crippen MR) is 144 cm³/mol. The lowest BCUT2D eigenvalue weighted by atomic mass is 10.2. The Bertz CT molecular complexity index is 1180. The Morgan fingerprint density at radius 2 is 1.49 bits per heavy atom. The molecular weight excluding hydrogens is 517 g/mol. The molecule has 2 aromatic carbocycles. The van der Waals surface area contributed by atoms with Crippen LogP contribution in [-0.2, 0) is 16.1 Å². The molecule has 0 bridgehead atoms. The molecule has 2 aliphatic rings. The smallest absolute Gasteiger partial charge is 0.250 e. The first-order valence-corrected chi connectivity index (χ1v) is 12.8. The molecule has 0 amide bonds. The normalized spacial score (nSPS) is 16.3. The molecule has 0 spiro atoms. The number of nitrogens with zero attached hydrogens (tertiary/aromatic N) is 6. The van der Waals surface area contributed by atoms with Gasteiger partial charge in [-0.3, -0.25) is 0 Å². The molecule has 194 valence electrons. The zero-order valence-corrected chi connectivity index (χ0v) is 21.7. The molecule has 37 heavy (non-hydrogen) atoms. The van der Waals surface area contributed by atoms with Crippen LogP contribution in [0.1, 0.15) is 11.1 Å². The van der Waals surface area contributed by atoms with Crippen molar-refractivity contribution in [3.63, 3.8) is 0 Å². The maximum absolute atomic E-state index is 6.22. The molecule has 2 aliphatic heterocycles. The maximum Gasteiger partial charge on any atom is 0.250 e. The van der Waals surface area contributed by atoms with E-state index in [1.54, 1.807) is 18.3 Å². The van der Waals surface area contributed by atoms with Crippen LogP contribution in [0.4, 0.5) is 17.8 Å². The first-order valence-electron chi connectivity index (χ1n) is 12.0. The molecule has 2 fully saturated rings. The summed E-state index contributed by atoms with van der Waals surface area (Å²) in [6, 6.07) is 12.9. The molecule has 3 aromatic rings. The van der Waals surface area contributed by atoms with E-state index in [4.69, 9.17) is 42.4 Å². The molecule has 0 saturated carbocycles. The van der Waals surface area contributed by atoms with E-state index in [2.05, 4.69) is 30.3 Å². The van der Waals surface area contributed by atoms with Gasteiger partial charge >= 0.3 is 0 Å². The summed E-state index contributed by atoms with van der Waals surface area (Å²) in [5.41, 5.74) is 4.71. The molecule has 1 N–H and O–H groups in total. The zero-order chi connectivity index (χ0) is 25.5. The van der Waals surface area contributed by atoms with Gasteiger partial charge in [0.15, 0.2) is 0 Å². The van der Waals surface area contributed by atoms with Crippen molar-refractivity contribution in [1.29, 1.82) is 0 Å². The van der Waals surface area contributed by atoms with Crippen molar-refractivity contribution in [2.75, 3.05) is 67.8 Å². The number of halogens is 2. The summed E-state index contributed by atoms with van der Waals surface area (Å²) in [5, 5.41) is 5.52. The van der Waals surface area contributed by atoms with E-state index in [9.17, 15) is 0 Å². The number of nitrogens with one attached hydrogen (secondary N) is 1. The molecule has 1 aromatic heterocycles. The molecular formula is C25H27Cl2N7O3. The summed E-state index contributed by atoms with van der Waals surface area (Å²) in [7, 11) is 0. The fourth-order valence-electron chi connectivity index (χ4n) is 3.83. The third-order valence-electron chi connectivity index (χ3n) is 5.87. The third-order valence-corrected chi connectivity index (χ3v) is 6.45. The van der Waals surface area contributed by atoms with Crippen LogP contribution in [0.5, 0.6) is 5.75 Å². The quantitative estimate of drug-likeness (QED) is 0.335. The predicted octanol–water partition coefficient (Wildman–Crippen LogP) is 3.88. The molecule has 10 nitrogen and oxygen atoms in total. The monoisotopic (exact) mass is 543 g/mol. The van der Waals surface area contributed by atoms with Gasteiger partial charge in [0.25, 0.3) is 0 Å². The van der Waals surface area contributed by atoms with Gasteiger partial charge in [-0.25, -0.2) is 5.43 Å². The Balaban J connectivity index is 1.23. The van der Waals surface area contributed by atoms with Crippen LogP contribution in [0.15, 0.2) is 47.6 Å². The second-order valence-electron chi connectivity index (χ2n) is 8.42. The lowest BCUT2D eigenvalue weighted by Gasteiger charge is -2.30. The summed E-state index contributed by atoms with van der Waals surface area (Å²) in [5.74, 6) is 2.33. The molecule has 0 radical (unpaired) electrons. The number of morpholine rings is 2. The minimum Gasteiger partial charge on any atom is -0.489 e. The highest BCUT2D eigenvalue weighted by atomic mass is 35.5. The molecule has 12 heteroatoms. The fourth-order valence-corrected chi connectivity index (χ4v) is 4.29. The van der Waals surface area contributed by atoms with E-state index in [-0.39, 0.29) is 0 Å². The van der Waals surface area contributed by atoms with E-state index in [1.807, 2.05) is 30.3 Å². The summed E-state index contributed by atoms with van der Waals surface area (Å²) in [6.45, 7) is 5.85. The van der Waals surface area contributed by atoms with Crippen LogP contribution in [0.2, 0.25) is 10.0 Å². The van der Waals surface area contributed by atoms with Crippen molar-refractivity contribution < 1.29 is 14.2 Å². The van der Waals surface area contributed by atoms with Crippen LogP contribution in [0, 0.1) is 0 Å². The number of anilines is 3. The van der Waals surface area contributed by atoms with Gasteiger partial charge in [0.2, 0.25) is 17.8 Å². The number of aromatic nitrogens is 3. The van der Waals surface area contributed by atoms with Gasteiger partial charge < -0.3 is 24.0 Å². The zero-order valence-electron chi connectivity index (χ0n) is 20.1. The van der Waals surface area contributed by atoms with Gasteiger partial charge in [-0.2, -0.15) is 20.1 Å². The van der Waals surface area contributed by atoms with E-state index < -0.39 is 0 Å². The minimum atomic E-state index is 0.349. The standard InChI is InChI=1S/C25H27Cl2N7O3/c26-20-4-3-19(22(27)15-20)17-37-21-5-1-18(2-6-21)16-28-32-23-29-24(33-7-11-35-12-8-33)31-25(30-23)34-9-13-36-14-10-34/h1-6,15-16H,7-14,17H2,(H,29,30,31,32)/b28-16+. The number of benzene rings is 2. The van der Waals surface area contributed by atoms with E-state index >= 15 is 0 Å². The molecule has 2 saturated heterocycles. The molecule has 0 atom stereocenters. The molecule has 0 aliphatic carbocycles. The third kappa shape index (κ3) is 6.98. The Hall–Kier alpha value is -3.18. The summed E-state index contributed by atoms with van der Waals surface area (Å²) >= 11 is 12.2. The van der Waals surface area contributed by atoms with Crippen LogP contribution in [0.3, 0.4) is 0 Å². The highest BCUT2D eigenvalue weighted by Gasteiger charge is 2.20. The van der Waals surface area contributed by atoms with Gasteiger partial charge in [0.1, 0.15) is 12.4 Å². The van der Waals surface area contributed by atoms with Crippen molar-refractivity contribution in [1.82, 2.24) is 15.0 Å². The SMILES string of the molecule is Clc1ccc(COc2ccc(/C=N/Nc3nc(N4CCOCC4)nc(N4CCOCC4)n3)cc2)c(Cl)c1. The van der Waals surface area contributed by atoms with E-state index in [1.165, 1.54) is 0 Å². The lowest BCUT2D eigenvalue weighted by Crippen LogP contribution is -2.40. The average molecular weight is 544 g/mol. The van der Waals surface area contributed by atoms with E-state index in [0.29, 0.717) is 60.9 Å². The van der Waals surface area contributed by atoms with Crippen molar-refractivity contribution in [3.05, 3.63) is 63.6 Å². The topological polar surface area (TPSA) is 97.2 Å². The van der Waals surface area contributed by atoms with Gasteiger partial charge in [0.05, 0.1) is 32.6 Å². The largest absolute Gasteiger partial charge is 0.489 e. The highest BCUT2D eigenvalue weighted by Crippen LogP contribution is 2.23. The Morgan fingerprint density at radius 1 is 0.865 bits per heavy atom. The first-order chi connectivity index (χ1) is 18.1. The first kappa shape index (κ1) is 25.5. The minimum absolute atomic E-state index is 0.349. The fraction of sp³-hybridized carbons (Fsp3) is 0.360. The number of rotatable bonds is 8. The Labute approximate surface area is 225 Å². The Kier molecular flexibility index (Phi) is 8.52. The number of hydrazone groups is 1. The van der Waals surface area contributed by atoms with Crippen LogP contribution in [-0.4, -0.2) is 73.8 Å². The molecule has 5 rings (SSSR count). The molecule has 3 heterocycles. The van der Waals surface area contributed by atoms with Crippen LogP contribution in [0.25, 0.3) is 0 Å². The lowest BCUT2D eigenvalue weighted by molar-refractivity contribution is 0.121. The maximum atomic E-state index is 6.22. The van der Waals surface area contributed by atoms with Crippen LogP contribution >= 0.6 is 23.2 Å². The summed E-state index contributed by atoms with van der Waals surface area (Å²) in [4.78, 5) is 18.1. The molecule has 0 unspecified atom stereocenters. The van der Waals surface area contributed by atoms with Crippen molar-refractivity contribution in [2.24, 2.45) is 5.10 Å². The Morgan fingerprint density at radius 3 is 2.08 bits per heavy atom. The second kappa shape index (κ2) is 12.4. The summed E-state index contributed by atoms with van der Waals surface area (Å²) in [6.07, 6.45) is 1.70. The van der Waals surface area contributed by atoms with Gasteiger partial charge in [-0.15, -0.1) is 0 Å². The van der Waals surface area contributed by atoms with Gasteiger partial charge in [-0.05, 0) is 42.0 Å². The highest BCUT2D eigenvalue weighted by molar-refractivity contribution is 6.35. The number of hydrogen-bond acceptors (Lipinski definition) is 10. The van der Waals surface area contributed by atoms with Gasteiger partial charge in [-0.1, -0.05) is 29.3 Å². The average Bonchev–Trinajstić information content (AvgIpc) is 2.94. The van der Waals surface area contributed by atoms with Crippen LogP contribution < -0.4 is 20.0 Å². The van der Waals surface area contributed by atoms with E-state index in [0.717, 1.165) is 43.1 Å². The van der Waals surface area contributed by atoms with Crippen molar-refractivity contribution in [3.8, 4) is 5.75 Å². The summed E-state index contributed by atoms with van der Waals surface area (Å²) < 4.78 is 16.8.